The predicted octanol–water partition coefficient (Wildman–Crippen LogP) is 2.20. The van der Waals surface area contributed by atoms with Crippen molar-refractivity contribution in [2.24, 2.45) is 0 Å². The summed E-state index contributed by atoms with van der Waals surface area (Å²) in [6, 6.07) is 3.51. The normalized spacial score (nSPS) is 14.3. The topological polar surface area (TPSA) is 66.9 Å². The molecule has 1 aromatic carbocycles. The van der Waals surface area contributed by atoms with E-state index in [1.165, 1.54) is 0 Å². The number of nitrogens with zero attached hydrogens (tertiary/aromatic N) is 2. The van der Waals surface area contributed by atoms with Gasteiger partial charge in [0.15, 0.2) is 0 Å². The third-order valence-corrected chi connectivity index (χ3v) is 4.02. The Bertz CT molecular complexity index is 688. The maximum atomic E-state index is 12.2. The second kappa shape index (κ2) is 4.88. The number of carbonyl (C=O) groups excluding carboxylic acids is 1. The molecule has 1 aliphatic heterocycles. The molecule has 19 heavy (non-hydrogen) atoms. The van der Waals surface area contributed by atoms with Crippen molar-refractivity contribution >= 4 is 46.0 Å². The number of halogens is 1. The Morgan fingerprint density at radius 2 is 2.21 bits per heavy atom. The Hall–Kier alpha value is -1.50. The molecule has 1 aromatic heterocycles. The van der Waals surface area contributed by atoms with Gasteiger partial charge in [0.25, 0.3) is 5.91 Å². The van der Waals surface area contributed by atoms with Crippen LogP contribution in [0.3, 0.4) is 0 Å². The molecule has 0 radical (unpaired) electrons. The summed E-state index contributed by atoms with van der Waals surface area (Å²) in [5, 5.41) is 6.42. The average Bonchev–Trinajstić information content (AvgIpc) is 2.78. The lowest BCUT2D eigenvalue weighted by Crippen LogP contribution is -2.36. The number of nitrogens with one attached hydrogen (secondary N) is 2. The Morgan fingerprint density at radius 1 is 1.42 bits per heavy atom. The minimum absolute atomic E-state index is 0.140. The van der Waals surface area contributed by atoms with Gasteiger partial charge in [-0.25, -0.2) is 0 Å². The first kappa shape index (κ1) is 12.5. The second-order valence-electron chi connectivity index (χ2n) is 4.34. The highest BCUT2D eigenvalue weighted by Crippen LogP contribution is 2.30. The molecule has 0 saturated carbocycles. The third kappa shape index (κ3) is 2.22. The van der Waals surface area contributed by atoms with E-state index in [1.54, 1.807) is 12.1 Å². The van der Waals surface area contributed by atoms with E-state index < -0.39 is 0 Å². The van der Waals surface area contributed by atoms with Crippen molar-refractivity contribution in [3.05, 3.63) is 28.3 Å². The summed E-state index contributed by atoms with van der Waals surface area (Å²) in [7, 11) is 0. The lowest BCUT2D eigenvalue weighted by Gasteiger charge is -2.21. The number of hydrogen-bond acceptors (Lipinski definition) is 5. The molecule has 2 heterocycles. The summed E-state index contributed by atoms with van der Waals surface area (Å²) in [5.74, 6) is -0.140. The highest BCUT2D eigenvalue weighted by Gasteiger charge is 2.18. The molecule has 1 fully saturated rings. The van der Waals surface area contributed by atoms with Crippen LogP contribution in [0.5, 0.6) is 0 Å². The van der Waals surface area contributed by atoms with Gasteiger partial charge in [-0.1, -0.05) is 11.6 Å². The van der Waals surface area contributed by atoms with Gasteiger partial charge < -0.3 is 10.6 Å². The van der Waals surface area contributed by atoms with Crippen LogP contribution in [0, 0.1) is 0 Å². The number of amides is 1. The van der Waals surface area contributed by atoms with Gasteiger partial charge in [-0.05, 0) is 24.6 Å². The molecule has 0 unspecified atom stereocenters. The minimum Gasteiger partial charge on any atom is -0.319 e. The van der Waals surface area contributed by atoms with Crippen LogP contribution >= 0.6 is 23.3 Å². The molecule has 1 amide bonds. The van der Waals surface area contributed by atoms with E-state index >= 15 is 0 Å². The van der Waals surface area contributed by atoms with Crippen LogP contribution in [-0.4, -0.2) is 27.7 Å². The van der Waals surface area contributed by atoms with Gasteiger partial charge in [0.05, 0.1) is 22.4 Å². The van der Waals surface area contributed by atoms with Gasteiger partial charge in [-0.15, -0.1) is 0 Å². The fourth-order valence-corrected chi connectivity index (χ4v) is 2.57. The maximum absolute atomic E-state index is 12.2. The number of anilines is 1. The van der Waals surface area contributed by atoms with Crippen LogP contribution < -0.4 is 10.6 Å². The van der Waals surface area contributed by atoms with Crippen molar-refractivity contribution in [1.82, 2.24) is 14.1 Å². The average molecular weight is 295 g/mol. The summed E-state index contributed by atoms with van der Waals surface area (Å²) >= 11 is 7.23. The minimum atomic E-state index is -0.140. The van der Waals surface area contributed by atoms with Gasteiger partial charge >= 0.3 is 0 Å². The van der Waals surface area contributed by atoms with Crippen LogP contribution in [0.15, 0.2) is 23.3 Å². The first-order valence-electron chi connectivity index (χ1n) is 5.78. The van der Waals surface area contributed by atoms with E-state index in [4.69, 9.17) is 11.6 Å². The zero-order valence-corrected chi connectivity index (χ0v) is 11.7. The first-order chi connectivity index (χ1) is 9.16. The van der Waals surface area contributed by atoms with Crippen molar-refractivity contribution in [3.8, 4) is 0 Å². The van der Waals surface area contributed by atoms with Gasteiger partial charge in [-0.2, -0.15) is 8.75 Å². The van der Waals surface area contributed by atoms with E-state index in [-0.39, 0.29) is 5.91 Å². The van der Waals surface area contributed by atoms with Crippen LogP contribution in [-0.2, 0) is 4.79 Å². The summed E-state index contributed by atoms with van der Waals surface area (Å²) < 4.78 is 8.31. The lowest BCUT2D eigenvalue weighted by atomic mass is 10.0. The van der Waals surface area contributed by atoms with Crippen molar-refractivity contribution in [1.29, 1.82) is 0 Å². The Kier molecular flexibility index (Phi) is 3.22. The van der Waals surface area contributed by atoms with Gasteiger partial charge in [0.1, 0.15) is 11.0 Å². The summed E-state index contributed by atoms with van der Waals surface area (Å²) in [6.45, 7) is 3.36. The zero-order chi connectivity index (χ0) is 13.4. The Balaban J connectivity index is 1.95. The number of hydrogen-bond donors (Lipinski definition) is 2. The molecule has 1 aliphatic rings. The molecule has 1 saturated heterocycles. The molecule has 2 N–H and O–H groups in total. The standard InChI is InChI=1S/C12H11ClN4OS/c1-6(7-4-14-5-7)12(18)15-10-8(13)2-3-9-11(10)17-19-16-9/h2-3,14H,4-5H2,1H3,(H,15,18). The smallest absolute Gasteiger partial charge is 0.251 e. The number of benzene rings is 1. The highest BCUT2D eigenvalue weighted by atomic mass is 35.5. The molecule has 0 bridgehead atoms. The van der Waals surface area contributed by atoms with Crippen molar-refractivity contribution < 1.29 is 4.79 Å². The summed E-state index contributed by atoms with van der Waals surface area (Å²) in [5.41, 5.74) is 3.76. The molecule has 0 atom stereocenters. The molecule has 3 rings (SSSR count). The van der Waals surface area contributed by atoms with Gasteiger partial charge in [-0.3, -0.25) is 4.79 Å². The van der Waals surface area contributed by atoms with E-state index in [0.29, 0.717) is 16.2 Å². The number of fused-ring (bicyclic) bond motifs is 1. The van der Waals surface area contributed by atoms with Crippen molar-refractivity contribution in [2.45, 2.75) is 6.92 Å². The van der Waals surface area contributed by atoms with Crippen LogP contribution in [0.2, 0.25) is 5.02 Å². The Labute approximate surface area is 119 Å². The lowest BCUT2D eigenvalue weighted by molar-refractivity contribution is -0.112. The molecule has 0 aliphatic carbocycles. The number of carbonyl (C=O) groups is 1. The largest absolute Gasteiger partial charge is 0.319 e. The quantitative estimate of drug-likeness (QED) is 0.833. The van der Waals surface area contributed by atoms with Crippen LogP contribution in [0.25, 0.3) is 11.0 Å². The van der Waals surface area contributed by atoms with E-state index in [1.807, 2.05) is 6.92 Å². The van der Waals surface area contributed by atoms with Crippen LogP contribution in [0.1, 0.15) is 6.92 Å². The van der Waals surface area contributed by atoms with Gasteiger partial charge in [0.2, 0.25) is 0 Å². The SMILES string of the molecule is CC(C(=O)Nc1c(Cl)ccc2nsnc12)=C1CNC1. The zero-order valence-electron chi connectivity index (χ0n) is 10.2. The van der Waals surface area contributed by atoms with E-state index in [9.17, 15) is 4.79 Å². The maximum Gasteiger partial charge on any atom is 0.251 e. The molecular weight excluding hydrogens is 284 g/mol. The summed E-state index contributed by atoms with van der Waals surface area (Å²) in [4.78, 5) is 12.2. The third-order valence-electron chi connectivity index (χ3n) is 3.16. The molecule has 7 heteroatoms. The molecule has 5 nitrogen and oxygen atoms in total. The van der Waals surface area contributed by atoms with Crippen molar-refractivity contribution in [2.75, 3.05) is 18.4 Å². The van der Waals surface area contributed by atoms with Crippen LogP contribution in [0.4, 0.5) is 5.69 Å². The molecule has 0 spiro atoms. The highest BCUT2D eigenvalue weighted by molar-refractivity contribution is 7.00. The second-order valence-corrected chi connectivity index (χ2v) is 5.28. The fraction of sp³-hybridized carbons (Fsp3) is 0.250. The van der Waals surface area contributed by atoms with E-state index in [0.717, 1.165) is 41.5 Å². The monoisotopic (exact) mass is 294 g/mol. The summed E-state index contributed by atoms with van der Waals surface area (Å²) in [6.07, 6.45) is 0. The fourth-order valence-electron chi connectivity index (χ4n) is 1.83. The molecule has 2 aromatic rings. The molecule has 98 valence electrons. The van der Waals surface area contributed by atoms with Crippen molar-refractivity contribution in [3.63, 3.8) is 0 Å². The number of rotatable bonds is 2. The molecular formula is C12H11ClN4OS. The number of aromatic nitrogens is 2. The van der Waals surface area contributed by atoms with E-state index in [2.05, 4.69) is 19.4 Å². The first-order valence-corrected chi connectivity index (χ1v) is 6.89. The van der Waals surface area contributed by atoms with Gasteiger partial charge in [0, 0.05) is 18.7 Å². The predicted molar refractivity (Wildman–Crippen MR) is 76.6 cm³/mol. The Morgan fingerprint density at radius 3 is 2.89 bits per heavy atom.